The molecule has 0 saturated carbocycles. The van der Waals surface area contributed by atoms with E-state index >= 15 is 0 Å². The number of nitrogens with one attached hydrogen (secondary N) is 1. The topological polar surface area (TPSA) is 62.1 Å². The number of carbonyl (C=O) groups excluding carboxylic acids is 1. The number of amides is 1. The van der Waals surface area contributed by atoms with Crippen molar-refractivity contribution in [3.05, 3.63) is 77.4 Å². The third-order valence-corrected chi connectivity index (χ3v) is 4.11. The molecule has 3 aromatic carbocycles. The summed E-state index contributed by atoms with van der Waals surface area (Å²) in [7, 11) is 1.57. The first-order valence-corrected chi connectivity index (χ1v) is 8.18. The second-order valence-corrected chi connectivity index (χ2v) is 5.89. The number of methoxy groups -OCH3 is 1. The molecule has 4 heteroatoms. The van der Waals surface area contributed by atoms with E-state index in [-0.39, 0.29) is 5.57 Å². The van der Waals surface area contributed by atoms with Crippen molar-refractivity contribution in [2.75, 3.05) is 12.4 Å². The number of carbonyl (C=O) groups is 1. The van der Waals surface area contributed by atoms with Crippen LogP contribution in [0.3, 0.4) is 0 Å². The molecule has 0 aliphatic carbocycles. The second-order valence-electron chi connectivity index (χ2n) is 5.89. The summed E-state index contributed by atoms with van der Waals surface area (Å²) >= 11 is 0. The molecule has 0 saturated heterocycles. The fourth-order valence-electron chi connectivity index (χ4n) is 2.73. The van der Waals surface area contributed by atoms with Gasteiger partial charge in [-0.15, -0.1) is 0 Å². The molecule has 0 radical (unpaired) electrons. The summed E-state index contributed by atoms with van der Waals surface area (Å²) < 4.78 is 5.42. The molecule has 3 rings (SSSR count). The van der Waals surface area contributed by atoms with Gasteiger partial charge in [-0.05, 0) is 42.0 Å². The number of rotatable bonds is 4. The lowest BCUT2D eigenvalue weighted by molar-refractivity contribution is -0.112. The molecule has 128 valence electrons. The number of nitrogens with zero attached hydrogens (tertiary/aromatic N) is 1. The van der Waals surface area contributed by atoms with Crippen molar-refractivity contribution >= 4 is 28.4 Å². The quantitative estimate of drug-likeness (QED) is 0.552. The van der Waals surface area contributed by atoms with E-state index in [4.69, 9.17) is 4.74 Å². The molecular formula is C22H18N2O2. The third kappa shape index (κ3) is 3.57. The third-order valence-electron chi connectivity index (χ3n) is 4.11. The van der Waals surface area contributed by atoms with Gasteiger partial charge >= 0.3 is 0 Å². The van der Waals surface area contributed by atoms with E-state index in [1.54, 1.807) is 25.3 Å². The lowest BCUT2D eigenvalue weighted by Crippen LogP contribution is -2.13. The molecule has 0 aliphatic rings. The van der Waals surface area contributed by atoms with E-state index in [2.05, 4.69) is 5.32 Å². The van der Waals surface area contributed by atoms with Crippen molar-refractivity contribution in [1.82, 2.24) is 0 Å². The van der Waals surface area contributed by atoms with E-state index < -0.39 is 5.91 Å². The zero-order valence-electron chi connectivity index (χ0n) is 14.6. The minimum absolute atomic E-state index is 0.0141. The van der Waals surface area contributed by atoms with Crippen LogP contribution in [-0.2, 0) is 4.79 Å². The highest BCUT2D eigenvalue weighted by atomic mass is 16.5. The summed E-state index contributed by atoms with van der Waals surface area (Å²) in [6.07, 6.45) is 1.57. The first-order valence-electron chi connectivity index (χ1n) is 8.18. The van der Waals surface area contributed by atoms with Crippen LogP contribution in [0.5, 0.6) is 5.75 Å². The summed E-state index contributed by atoms with van der Waals surface area (Å²) in [5, 5.41) is 14.2. The number of nitriles is 1. The number of anilines is 1. The minimum atomic E-state index is -0.452. The first kappa shape index (κ1) is 17.2. The molecule has 1 amide bonds. The summed E-state index contributed by atoms with van der Waals surface area (Å²) in [6.45, 7) is 1.97. The Kier molecular flexibility index (Phi) is 5.00. The van der Waals surface area contributed by atoms with Crippen LogP contribution >= 0.6 is 0 Å². The summed E-state index contributed by atoms with van der Waals surface area (Å²) in [4.78, 5) is 12.5. The van der Waals surface area contributed by atoms with Crippen LogP contribution in [-0.4, -0.2) is 13.0 Å². The number of fused-ring (bicyclic) bond motifs is 1. The number of ether oxygens (including phenoxy) is 1. The average Bonchev–Trinajstić information content (AvgIpc) is 2.67. The molecule has 0 spiro atoms. The molecule has 3 aromatic rings. The van der Waals surface area contributed by atoms with Crippen molar-refractivity contribution < 1.29 is 9.53 Å². The highest BCUT2D eigenvalue weighted by Crippen LogP contribution is 2.30. The molecule has 0 heterocycles. The first-order chi connectivity index (χ1) is 12.6. The van der Waals surface area contributed by atoms with Crippen molar-refractivity contribution in [1.29, 1.82) is 5.26 Å². The van der Waals surface area contributed by atoms with Crippen LogP contribution in [0, 0.1) is 18.3 Å². The Hall–Kier alpha value is -3.58. The normalized spacial score (nSPS) is 11.0. The van der Waals surface area contributed by atoms with Gasteiger partial charge in [-0.3, -0.25) is 4.79 Å². The van der Waals surface area contributed by atoms with Crippen molar-refractivity contribution in [3.8, 4) is 11.8 Å². The fraction of sp³-hybridized carbons (Fsp3) is 0.0909. The van der Waals surface area contributed by atoms with E-state index in [9.17, 15) is 10.1 Å². The summed E-state index contributed by atoms with van der Waals surface area (Å²) in [5.41, 5.74) is 2.47. The zero-order chi connectivity index (χ0) is 18.5. The van der Waals surface area contributed by atoms with Gasteiger partial charge in [0, 0.05) is 11.3 Å². The predicted molar refractivity (Wildman–Crippen MR) is 104 cm³/mol. The lowest BCUT2D eigenvalue weighted by atomic mass is 10.0. The van der Waals surface area contributed by atoms with Crippen LogP contribution in [0.2, 0.25) is 0 Å². The SMILES string of the molecule is COc1ccc2ccccc2c1C=C(C#N)C(=O)Nc1ccc(C)cc1. The Labute approximate surface area is 152 Å². The van der Waals surface area contributed by atoms with E-state index in [0.717, 1.165) is 16.3 Å². The van der Waals surface area contributed by atoms with Gasteiger partial charge in [0.1, 0.15) is 17.4 Å². The molecule has 0 bridgehead atoms. The standard InChI is InChI=1S/C22H18N2O2/c1-15-7-10-18(11-8-15)24-22(25)17(14-23)13-20-19-6-4-3-5-16(19)9-12-21(20)26-2/h3-13H,1-2H3,(H,24,25). The smallest absolute Gasteiger partial charge is 0.266 e. The Morgan fingerprint density at radius 1 is 1.08 bits per heavy atom. The maximum atomic E-state index is 12.5. The Bertz CT molecular complexity index is 1030. The highest BCUT2D eigenvalue weighted by Gasteiger charge is 2.13. The number of aryl methyl sites for hydroxylation is 1. The molecule has 26 heavy (non-hydrogen) atoms. The van der Waals surface area contributed by atoms with Gasteiger partial charge in [0.15, 0.2) is 0 Å². The minimum Gasteiger partial charge on any atom is -0.496 e. The number of hydrogen-bond acceptors (Lipinski definition) is 3. The number of hydrogen-bond donors (Lipinski definition) is 1. The Morgan fingerprint density at radius 3 is 2.50 bits per heavy atom. The van der Waals surface area contributed by atoms with E-state index in [0.29, 0.717) is 17.0 Å². The van der Waals surface area contributed by atoms with Crippen LogP contribution in [0.15, 0.2) is 66.2 Å². The van der Waals surface area contributed by atoms with Gasteiger partial charge in [0.05, 0.1) is 7.11 Å². The Morgan fingerprint density at radius 2 is 1.81 bits per heavy atom. The van der Waals surface area contributed by atoms with Gasteiger partial charge in [-0.1, -0.05) is 48.0 Å². The van der Waals surface area contributed by atoms with Crippen molar-refractivity contribution in [2.45, 2.75) is 6.92 Å². The summed E-state index contributed by atoms with van der Waals surface area (Å²) in [6, 6.07) is 21.0. The van der Waals surface area contributed by atoms with Gasteiger partial charge in [0.2, 0.25) is 0 Å². The maximum absolute atomic E-state index is 12.5. The molecule has 4 nitrogen and oxygen atoms in total. The van der Waals surface area contributed by atoms with Gasteiger partial charge in [-0.25, -0.2) is 0 Å². The Balaban J connectivity index is 2.01. The van der Waals surface area contributed by atoms with Gasteiger partial charge in [-0.2, -0.15) is 5.26 Å². The second kappa shape index (κ2) is 7.54. The molecule has 0 aliphatic heterocycles. The number of benzene rings is 3. The molecule has 0 unspecified atom stereocenters. The lowest BCUT2D eigenvalue weighted by Gasteiger charge is -2.10. The largest absolute Gasteiger partial charge is 0.496 e. The predicted octanol–water partition coefficient (Wildman–Crippen LogP) is 4.70. The molecule has 0 atom stereocenters. The van der Waals surface area contributed by atoms with Crippen LogP contribution < -0.4 is 10.1 Å². The van der Waals surface area contributed by atoms with Crippen molar-refractivity contribution in [2.24, 2.45) is 0 Å². The van der Waals surface area contributed by atoms with Crippen molar-refractivity contribution in [3.63, 3.8) is 0 Å². The summed E-state index contributed by atoms with van der Waals surface area (Å²) in [5.74, 6) is 0.158. The van der Waals surface area contributed by atoms with Gasteiger partial charge in [0.25, 0.3) is 5.91 Å². The maximum Gasteiger partial charge on any atom is 0.266 e. The van der Waals surface area contributed by atoms with Crippen LogP contribution in [0.4, 0.5) is 5.69 Å². The van der Waals surface area contributed by atoms with E-state index in [1.165, 1.54) is 0 Å². The molecular weight excluding hydrogens is 324 g/mol. The molecule has 1 N–H and O–H groups in total. The van der Waals surface area contributed by atoms with E-state index in [1.807, 2.05) is 61.5 Å². The monoisotopic (exact) mass is 342 g/mol. The highest BCUT2D eigenvalue weighted by molar-refractivity contribution is 6.11. The van der Waals surface area contributed by atoms with Crippen LogP contribution in [0.25, 0.3) is 16.8 Å². The molecule has 0 fully saturated rings. The molecule has 0 aromatic heterocycles. The van der Waals surface area contributed by atoms with Gasteiger partial charge < -0.3 is 10.1 Å². The average molecular weight is 342 g/mol. The zero-order valence-corrected chi connectivity index (χ0v) is 14.6. The fourth-order valence-corrected chi connectivity index (χ4v) is 2.73. The van der Waals surface area contributed by atoms with Crippen LogP contribution in [0.1, 0.15) is 11.1 Å².